The molecule has 1 fully saturated rings. The summed E-state index contributed by atoms with van der Waals surface area (Å²) in [6.45, 7) is 8.95. The molecule has 21 heavy (non-hydrogen) atoms. The van der Waals surface area contributed by atoms with Gasteiger partial charge < -0.3 is 14.6 Å². The van der Waals surface area contributed by atoms with Crippen LogP contribution in [0.4, 0.5) is 0 Å². The van der Waals surface area contributed by atoms with Crippen molar-refractivity contribution >= 4 is 0 Å². The molecule has 1 saturated heterocycles. The minimum absolute atomic E-state index is 0.0646. The van der Waals surface area contributed by atoms with E-state index in [1.807, 2.05) is 0 Å². The molecule has 0 unspecified atom stereocenters. The van der Waals surface area contributed by atoms with E-state index in [0.29, 0.717) is 5.92 Å². The average Bonchev–Trinajstić information content (AvgIpc) is 2.86. The van der Waals surface area contributed by atoms with Gasteiger partial charge in [-0.3, -0.25) is 4.79 Å². The van der Waals surface area contributed by atoms with Crippen LogP contribution in [-0.4, -0.2) is 47.7 Å². The van der Waals surface area contributed by atoms with Crippen LogP contribution in [0.25, 0.3) is 0 Å². The molecule has 3 heterocycles. The molecule has 116 valence electrons. The van der Waals surface area contributed by atoms with Crippen molar-refractivity contribution in [2.45, 2.75) is 39.0 Å². The predicted molar refractivity (Wildman–Crippen MR) is 81.7 cm³/mol. The molecule has 1 aromatic heterocycles. The van der Waals surface area contributed by atoms with Crippen LogP contribution in [0.3, 0.4) is 0 Å². The van der Waals surface area contributed by atoms with Crippen LogP contribution in [0.2, 0.25) is 0 Å². The van der Waals surface area contributed by atoms with Gasteiger partial charge in [0.1, 0.15) is 5.82 Å². The molecule has 0 spiro atoms. The number of fused-ring (bicyclic) bond motifs is 1. The van der Waals surface area contributed by atoms with Gasteiger partial charge in [-0.05, 0) is 18.8 Å². The fraction of sp³-hybridized carbons (Fsp3) is 0.750. The van der Waals surface area contributed by atoms with Gasteiger partial charge in [-0.2, -0.15) is 0 Å². The van der Waals surface area contributed by atoms with Gasteiger partial charge in [0.2, 0.25) is 0 Å². The van der Waals surface area contributed by atoms with Crippen LogP contribution < -0.4 is 5.56 Å². The Morgan fingerprint density at radius 1 is 1.38 bits per heavy atom. The smallest absolute Gasteiger partial charge is 0.254 e. The number of aromatic nitrogens is 2. The molecular weight excluding hydrogens is 266 g/mol. The Bertz CT molecular complexity index is 547. The highest BCUT2D eigenvalue weighted by atomic mass is 16.5. The molecular formula is C16H25N3O2. The highest BCUT2D eigenvalue weighted by molar-refractivity contribution is 5.21. The number of ether oxygens (including phenoxy) is 1. The van der Waals surface area contributed by atoms with Crippen molar-refractivity contribution in [3.8, 4) is 0 Å². The van der Waals surface area contributed by atoms with Crippen molar-refractivity contribution < 1.29 is 4.74 Å². The summed E-state index contributed by atoms with van der Waals surface area (Å²) in [5.41, 5.74) is 1.96. The zero-order chi connectivity index (χ0) is 14.8. The van der Waals surface area contributed by atoms with Crippen molar-refractivity contribution in [3.63, 3.8) is 0 Å². The molecule has 0 aromatic carbocycles. The molecule has 5 heteroatoms. The lowest BCUT2D eigenvalue weighted by Crippen LogP contribution is -2.32. The van der Waals surface area contributed by atoms with E-state index in [1.165, 1.54) is 6.42 Å². The minimum atomic E-state index is 0.0646. The van der Waals surface area contributed by atoms with Crippen molar-refractivity contribution in [1.29, 1.82) is 0 Å². The lowest BCUT2D eigenvalue weighted by atomic mass is 10.1. The fourth-order valence-electron chi connectivity index (χ4n) is 3.22. The first-order valence-corrected chi connectivity index (χ1v) is 8.05. The Hall–Kier alpha value is -1.20. The van der Waals surface area contributed by atoms with E-state index in [4.69, 9.17) is 9.72 Å². The quantitative estimate of drug-likeness (QED) is 0.913. The third-order valence-electron chi connectivity index (χ3n) is 4.55. The van der Waals surface area contributed by atoms with Gasteiger partial charge in [-0.25, -0.2) is 4.98 Å². The summed E-state index contributed by atoms with van der Waals surface area (Å²) in [6, 6.07) is 0. The Morgan fingerprint density at radius 3 is 2.90 bits per heavy atom. The van der Waals surface area contributed by atoms with E-state index < -0.39 is 0 Å². The summed E-state index contributed by atoms with van der Waals surface area (Å²) in [5.74, 6) is 1.73. The van der Waals surface area contributed by atoms with E-state index >= 15 is 0 Å². The Morgan fingerprint density at radius 2 is 2.19 bits per heavy atom. The SMILES string of the molecule is CC(C)c1nc2c(c(=O)[nH]1)CCN(C[C@@H]1CCOC1)CC2. The summed E-state index contributed by atoms with van der Waals surface area (Å²) in [5, 5.41) is 0. The molecule has 2 aliphatic heterocycles. The standard InChI is InChI=1S/C16H25N3O2/c1-11(2)15-17-14-4-7-19(9-12-5-8-21-10-12)6-3-13(14)16(20)18-15/h11-12H,3-10H2,1-2H3,(H,17,18,20)/t12-/m0/s1. The zero-order valence-corrected chi connectivity index (χ0v) is 13.0. The first-order valence-electron chi connectivity index (χ1n) is 8.05. The summed E-state index contributed by atoms with van der Waals surface area (Å²) < 4.78 is 5.46. The molecule has 5 nitrogen and oxygen atoms in total. The van der Waals surface area contributed by atoms with Gasteiger partial charge in [0.05, 0.1) is 12.3 Å². The van der Waals surface area contributed by atoms with E-state index in [-0.39, 0.29) is 11.5 Å². The van der Waals surface area contributed by atoms with Crippen LogP contribution >= 0.6 is 0 Å². The Labute approximate surface area is 125 Å². The molecule has 1 N–H and O–H groups in total. The number of nitrogens with zero attached hydrogens (tertiary/aromatic N) is 2. The second kappa shape index (κ2) is 6.28. The van der Waals surface area contributed by atoms with Crippen LogP contribution in [0.1, 0.15) is 43.3 Å². The maximum atomic E-state index is 12.3. The van der Waals surface area contributed by atoms with Crippen LogP contribution in [-0.2, 0) is 17.6 Å². The molecule has 0 radical (unpaired) electrons. The predicted octanol–water partition coefficient (Wildman–Crippen LogP) is 1.33. The van der Waals surface area contributed by atoms with Crippen molar-refractivity contribution in [3.05, 3.63) is 27.4 Å². The van der Waals surface area contributed by atoms with E-state index in [1.54, 1.807) is 0 Å². The van der Waals surface area contributed by atoms with Gasteiger partial charge in [0.25, 0.3) is 5.56 Å². The van der Waals surface area contributed by atoms with Crippen LogP contribution in [0.15, 0.2) is 4.79 Å². The lowest BCUT2D eigenvalue weighted by molar-refractivity contribution is 0.168. The molecule has 1 aromatic rings. The van der Waals surface area contributed by atoms with E-state index in [2.05, 4.69) is 23.7 Å². The molecule has 2 aliphatic rings. The fourth-order valence-corrected chi connectivity index (χ4v) is 3.22. The molecule has 3 rings (SSSR count). The number of hydrogen-bond acceptors (Lipinski definition) is 4. The number of rotatable bonds is 3. The second-order valence-electron chi connectivity index (χ2n) is 6.56. The van der Waals surface area contributed by atoms with E-state index in [0.717, 1.165) is 62.8 Å². The molecule has 0 bridgehead atoms. The van der Waals surface area contributed by atoms with Gasteiger partial charge in [-0.15, -0.1) is 0 Å². The third kappa shape index (κ3) is 3.35. The van der Waals surface area contributed by atoms with Gasteiger partial charge in [0, 0.05) is 44.1 Å². The highest BCUT2D eigenvalue weighted by Crippen LogP contribution is 2.18. The average molecular weight is 291 g/mol. The second-order valence-corrected chi connectivity index (χ2v) is 6.56. The Kier molecular flexibility index (Phi) is 4.40. The molecule has 0 saturated carbocycles. The van der Waals surface area contributed by atoms with Gasteiger partial charge in [-0.1, -0.05) is 13.8 Å². The molecule has 1 atom stereocenters. The van der Waals surface area contributed by atoms with Crippen molar-refractivity contribution in [1.82, 2.24) is 14.9 Å². The summed E-state index contributed by atoms with van der Waals surface area (Å²) in [6.07, 6.45) is 2.86. The molecule has 0 aliphatic carbocycles. The minimum Gasteiger partial charge on any atom is -0.381 e. The zero-order valence-electron chi connectivity index (χ0n) is 13.0. The highest BCUT2D eigenvalue weighted by Gasteiger charge is 2.23. The largest absolute Gasteiger partial charge is 0.381 e. The number of hydrogen-bond donors (Lipinski definition) is 1. The topological polar surface area (TPSA) is 58.2 Å². The molecule has 0 amide bonds. The lowest BCUT2D eigenvalue weighted by Gasteiger charge is -2.22. The summed E-state index contributed by atoms with van der Waals surface area (Å²) in [4.78, 5) is 22.4. The summed E-state index contributed by atoms with van der Waals surface area (Å²) >= 11 is 0. The third-order valence-corrected chi connectivity index (χ3v) is 4.55. The van der Waals surface area contributed by atoms with Crippen molar-refractivity contribution in [2.75, 3.05) is 32.8 Å². The van der Waals surface area contributed by atoms with E-state index in [9.17, 15) is 4.79 Å². The first kappa shape index (κ1) is 14.7. The van der Waals surface area contributed by atoms with Crippen molar-refractivity contribution in [2.24, 2.45) is 5.92 Å². The number of aromatic amines is 1. The van der Waals surface area contributed by atoms with Gasteiger partial charge in [0.15, 0.2) is 0 Å². The Balaban J connectivity index is 1.73. The first-order chi connectivity index (χ1) is 10.1. The maximum absolute atomic E-state index is 12.3. The van der Waals surface area contributed by atoms with Crippen LogP contribution in [0.5, 0.6) is 0 Å². The maximum Gasteiger partial charge on any atom is 0.254 e. The normalized spacial score (nSPS) is 23.3. The number of nitrogens with one attached hydrogen (secondary N) is 1. The van der Waals surface area contributed by atoms with Gasteiger partial charge >= 0.3 is 0 Å². The monoisotopic (exact) mass is 291 g/mol. The summed E-state index contributed by atoms with van der Waals surface area (Å²) in [7, 11) is 0. The van der Waals surface area contributed by atoms with Crippen LogP contribution in [0, 0.1) is 5.92 Å². The number of H-pyrrole nitrogens is 1.